The van der Waals surface area contributed by atoms with Gasteiger partial charge in [-0.2, -0.15) is 11.8 Å². The third kappa shape index (κ3) is 0.563. The average molecular weight is 179 g/mol. The van der Waals surface area contributed by atoms with Crippen LogP contribution in [0.2, 0.25) is 0 Å². The Morgan fingerprint density at radius 1 is 1.43 bits per heavy atom. The first-order valence-electron chi connectivity index (χ1n) is 2.66. The highest BCUT2D eigenvalue weighted by Crippen LogP contribution is 2.52. The molecule has 0 radical (unpaired) electrons. The van der Waals surface area contributed by atoms with Gasteiger partial charge >= 0.3 is 0 Å². The van der Waals surface area contributed by atoms with E-state index in [-0.39, 0.29) is 0 Å². The molecule has 0 nitrogen and oxygen atoms in total. The summed E-state index contributed by atoms with van der Waals surface area (Å²) < 4.78 is 0. The topological polar surface area (TPSA) is 0 Å². The fraction of sp³-hybridized carbons (Fsp3) is 1.00. The van der Waals surface area contributed by atoms with E-state index in [1.54, 1.807) is 0 Å². The van der Waals surface area contributed by atoms with Crippen LogP contribution in [0.5, 0.6) is 0 Å². The highest BCUT2D eigenvalue weighted by molar-refractivity contribution is 9.09. The monoisotopic (exact) mass is 178 g/mol. The van der Waals surface area contributed by atoms with Crippen LogP contribution >= 0.6 is 27.7 Å². The Bertz CT molecular complexity index is 88.1. The lowest BCUT2D eigenvalue weighted by atomic mass is 10.3. The van der Waals surface area contributed by atoms with Crippen molar-refractivity contribution >= 4 is 27.7 Å². The molecular formula is C5H7BrS. The van der Waals surface area contributed by atoms with E-state index in [0.717, 1.165) is 15.3 Å². The van der Waals surface area contributed by atoms with Gasteiger partial charge in [0.15, 0.2) is 0 Å². The van der Waals surface area contributed by atoms with Crippen LogP contribution in [0.3, 0.4) is 0 Å². The van der Waals surface area contributed by atoms with Crippen molar-refractivity contribution in [3.63, 3.8) is 0 Å². The Morgan fingerprint density at radius 2 is 2.14 bits per heavy atom. The maximum atomic E-state index is 3.62. The van der Waals surface area contributed by atoms with E-state index >= 15 is 0 Å². The van der Waals surface area contributed by atoms with E-state index in [1.165, 1.54) is 12.8 Å². The summed E-state index contributed by atoms with van der Waals surface area (Å²) in [6.45, 7) is 0. The van der Waals surface area contributed by atoms with Crippen LogP contribution in [0.4, 0.5) is 0 Å². The van der Waals surface area contributed by atoms with Gasteiger partial charge in [0.1, 0.15) is 0 Å². The molecule has 2 heteroatoms. The molecule has 40 valence electrons. The second kappa shape index (κ2) is 1.41. The van der Waals surface area contributed by atoms with Crippen LogP contribution in [-0.4, -0.2) is 15.3 Å². The molecule has 0 amide bonds. The largest absolute Gasteiger partial charge is 0.154 e. The van der Waals surface area contributed by atoms with Crippen molar-refractivity contribution in [1.82, 2.24) is 0 Å². The third-order valence-corrected chi connectivity index (χ3v) is 4.76. The molecule has 0 aromatic carbocycles. The Balaban J connectivity index is 2.13. The SMILES string of the molecule is Br[C@H]1C[C@@H]2C[C@H]1S2. The van der Waals surface area contributed by atoms with Gasteiger partial charge < -0.3 is 0 Å². The zero-order valence-electron chi connectivity index (χ0n) is 3.93. The van der Waals surface area contributed by atoms with Gasteiger partial charge in [-0.25, -0.2) is 0 Å². The highest BCUT2D eigenvalue weighted by atomic mass is 79.9. The average Bonchev–Trinajstić information content (AvgIpc) is 1.85. The minimum Gasteiger partial charge on any atom is -0.154 e. The zero-order valence-corrected chi connectivity index (χ0v) is 6.33. The summed E-state index contributed by atoms with van der Waals surface area (Å²) in [5.41, 5.74) is 0. The number of halogens is 1. The lowest BCUT2D eigenvalue weighted by Crippen LogP contribution is -2.16. The summed E-state index contributed by atoms with van der Waals surface area (Å²) in [5, 5.41) is 2.03. The van der Waals surface area contributed by atoms with Crippen molar-refractivity contribution in [2.45, 2.75) is 28.2 Å². The second-order valence-corrected chi connectivity index (χ2v) is 5.00. The molecule has 3 aliphatic rings. The Kier molecular flexibility index (Phi) is 0.944. The van der Waals surface area contributed by atoms with Crippen LogP contribution in [0.1, 0.15) is 12.8 Å². The van der Waals surface area contributed by atoms with Crippen LogP contribution < -0.4 is 0 Å². The predicted molar refractivity (Wildman–Crippen MR) is 37.1 cm³/mol. The van der Waals surface area contributed by atoms with Crippen LogP contribution in [0, 0.1) is 0 Å². The number of rotatable bonds is 0. The number of hydrogen-bond donors (Lipinski definition) is 0. The normalized spacial score (nSPS) is 57.0. The zero-order chi connectivity index (χ0) is 4.85. The van der Waals surface area contributed by atoms with Gasteiger partial charge in [0.25, 0.3) is 0 Å². The minimum atomic E-state index is 0.863. The van der Waals surface area contributed by atoms with Crippen LogP contribution in [0.15, 0.2) is 0 Å². The molecule has 0 unspecified atom stereocenters. The molecule has 3 atom stereocenters. The summed E-state index contributed by atoms with van der Waals surface area (Å²) in [4.78, 5) is 0.863. The van der Waals surface area contributed by atoms with E-state index in [9.17, 15) is 0 Å². The molecule has 0 N–H and O–H groups in total. The number of fused-ring (bicyclic) bond motifs is 1. The van der Waals surface area contributed by atoms with Crippen LogP contribution in [-0.2, 0) is 0 Å². The quantitative estimate of drug-likeness (QED) is 0.512. The van der Waals surface area contributed by atoms with Gasteiger partial charge in [0, 0.05) is 15.3 Å². The molecule has 2 aliphatic heterocycles. The summed E-state index contributed by atoms with van der Waals surface area (Å²) in [6, 6.07) is 0. The van der Waals surface area contributed by atoms with Gasteiger partial charge in [-0.05, 0) is 12.8 Å². The van der Waals surface area contributed by atoms with Gasteiger partial charge in [-0.1, -0.05) is 15.9 Å². The summed E-state index contributed by atoms with van der Waals surface area (Å²) >= 11 is 5.78. The smallest absolute Gasteiger partial charge is 0.0275 e. The first-order valence-corrected chi connectivity index (χ1v) is 4.51. The molecule has 3 rings (SSSR count). The molecule has 0 spiro atoms. The standard InChI is InChI=1S/C5H7BrS/c6-4-1-3-2-5(4)7-3/h3-5H,1-2H2/t3-,4+,5-/m1/s1. The van der Waals surface area contributed by atoms with E-state index in [1.807, 2.05) is 0 Å². The molecule has 2 heterocycles. The van der Waals surface area contributed by atoms with Crippen molar-refractivity contribution in [1.29, 1.82) is 0 Å². The fourth-order valence-electron chi connectivity index (χ4n) is 1.28. The van der Waals surface area contributed by atoms with Crippen molar-refractivity contribution in [3.8, 4) is 0 Å². The first-order chi connectivity index (χ1) is 3.36. The van der Waals surface area contributed by atoms with E-state index < -0.39 is 0 Å². The van der Waals surface area contributed by atoms with Gasteiger partial charge in [-0.3, -0.25) is 0 Å². The molecule has 2 bridgehead atoms. The molecular weight excluding hydrogens is 172 g/mol. The Hall–Kier alpha value is 0.830. The Labute approximate surface area is 56.2 Å². The van der Waals surface area contributed by atoms with E-state index in [4.69, 9.17) is 0 Å². The molecule has 1 aliphatic carbocycles. The molecule has 1 saturated carbocycles. The van der Waals surface area contributed by atoms with Gasteiger partial charge in [0.2, 0.25) is 0 Å². The summed E-state index contributed by atoms with van der Waals surface area (Å²) in [5.74, 6) is 0. The molecule has 2 saturated heterocycles. The summed E-state index contributed by atoms with van der Waals surface area (Å²) in [6.07, 6.45) is 2.91. The minimum absolute atomic E-state index is 0.863. The number of hydrogen-bond acceptors (Lipinski definition) is 1. The maximum Gasteiger partial charge on any atom is 0.0275 e. The number of thioether (sulfide) groups is 1. The molecule has 7 heavy (non-hydrogen) atoms. The predicted octanol–water partition coefficient (Wildman–Crippen LogP) is 2.03. The fourth-order valence-corrected chi connectivity index (χ4v) is 3.97. The van der Waals surface area contributed by atoms with Crippen molar-refractivity contribution < 1.29 is 0 Å². The lowest BCUT2D eigenvalue weighted by Gasteiger charge is -2.21. The highest BCUT2D eigenvalue weighted by Gasteiger charge is 2.43. The van der Waals surface area contributed by atoms with E-state index in [2.05, 4.69) is 27.7 Å². The first kappa shape index (κ1) is 4.68. The lowest BCUT2D eigenvalue weighted by molar-refractivity contribution is 0.852. The third-order valence-electron chi connectivity index (χ3n) is 1.75. The molecule has 0 aromatic rings. The van der Waals surface area contributed by atoms with Crippen LogP contribution in [0.25, 0.3) is 0 Å². The van der Waals surface area contributed by atoms with Gasteiger partial charge in [0.05, 0.1) is 0 Å². The summed E-state index contributed by atoms with van der Waals surface area (Å²) in [7, 11) is 0. The van der Waals surface area contributed by atoms with E-state index in [0.29, 0.717) is 0 Å². The second-order valence-electron chi connectivity index (χ2n) is 2.28. The Morgan fingerprint density at radius 3 is 2.29 bits per heavy atom. The van der Waals surface area contributed by atoms with Gasteiger partial charge in [-0.15, -0.1) is 0 Å². The van der Waals surface area contributed by atoms with Crippen molar-refractivity contribution in [3.05, 3.63) is 0 Å². The maximum absolute atomic E-state index is 3.62. The molecule has 0 aromatic heterocycles. The van der Waals surface area contributed by atoms with Crippen molar-refractivity contribution in [2.75, 3.05) is 0 Å². The number of alkyl halides is 1. The molecule has 3 fully saturated rings. The van der Waals surface area contributed by atoms with Crippen molar-refractivity contribution in [2.24, 2.45) is 0 Å².